The van der Waals surface area contributed by atoms with Crippen LogP contribution in [0.25, 0.3) is 0 Å². The van der Waals surface area contributed by atoms with E-state index in [0.29, 0.717) is 0 Å². The molecule has 0 radical (unpaired) electrons. The number of aromatic nitrogens is 2. The first-order valence-electron chi connectivity index (χ1n) is 1.42. The first kappa shape index (κ1) is 5.90. The van der Waals surface area contributed by atoms with Crippen molar-refractivity contribution in [3.63, 3.8) is 0 Å². The van der Waals surface area contributed by atoms with Gasteiger partial charge in [-0.3, -0.25) is 0 Å². The van der Waals surface area contributed by atoms with Crippen LogP contribution in [0, 0.1) is 0 Å². The topological polar surface area (TPSA) is 96.4 Å². The lowest BCUT2D eigenvalue weighted by atomic mass is 11.2. The van der Waals surface area contributed by atoms with E-state index in [2.05, 4.69) is 14.7 Å². The average molecular weight is 103 g/mol. The Morgan fingerprint density at radius 3 is 2.57 bits per heavy atom. The van der Waals surface area contributed by atoms with Crippen LogP contribution in [0.2, 0.25) is 0 Å². The van der Waals surface area contributed by atoms with E-state index >= 15 is 0 Å². The third-order valence-electron chi connectivity index (χ3n) is 0.378. The van der Waals surface area contributed by atoms with Gasteiger partial charge in [-0.2, -0.15) is 4.98 Å². The van der Waals surface area contributed by atoms with Gasteiger partial charge in [-0.05, 0) is 0 Å². The Morgan fingerprint density at radius 2 is 2.43 bits per heavy atom. The lowest BCUT2D eigenvalue weighted by Crippen LogP contribution is -1.79. The van der Waals surface area contributed by atoms with E-state index in [1.165, 1.54) is 6.33 Å². The molecular weight excluding hydrogens is 98.0 g/mol. The van der Waals surface area contributed by atoms with E-state index in [1.807, 2.05) is 0 Å². The van der Waals surface area contributed by atoms with Gasteiger partial charge in [-0.1, -0.05) is 5.16 Å². The SMILES string of the molecule is Nc1ncno1.O. The van der Waals surface area contributed by atoms with Crippen molar-refractivity contribution in [2.75, 3.05) is 5.73 Å². The molecule has 1 aromatic rings. The monoisotopic (exact) mass is 103 g/mol. The van der Waals surface area contributed by atoms with Gasteiger partial charge >= 0.3 is 6.01 Å². The molecule has 0 saturated heterocycles. The van der Waals surface area contributed by atoms with Crippen LogP contribution in [-0.2, 0) is 0 Å². The lowest BCUT2D eigenvalue weighted by Gasteiger charge is -1.65. The Hall–Kier alpha value is -1.10. The summed E-state index contributed by atoms with van der Waals surface area (Å²) in [5, 5.41) is 3.21. The van der Waals surface area contributed by atoms with Crippen LogP contribution in [0.3, 0.4) is 0 Å². The summed E-state index contributed by atoms with van der Waals surface area (Å²) in [7, 11) is 0. The predicted molar refractivity (Wildman–Crippen MR) is 22.3 cm³/mol. The fourth-order valence-electron chi connectivity index (χ4n) is 0.182. The van der Waals surface area contributed by atoms with Crippen molar-refractivity contribution in [1.82, 2.24) is 10.1 Å². The van der Waals surface area contributed by atoms with Crippen LogP contribution in [0.15, 0.2) is 10.9 Å². The van der Waals surface area contributed by atoms with Gasteiger partial charge in [0.05, 0.1) is 0 Å². The Morgan fingerprint density at radius 1 is 1.71 bits per heavy atom. The molecule has 0 amide bonds. The van der Waals surface area contributed by atoms with E-state index in [1.54, 1.807) is 0 Å². The molecule has 0 aliphatic rings. The second kappa shape index (κ2) is 2.14. The molecule has 1 aromatic heterocycles. The minimum Gasteiger partial charge on any atom is -0.412 e. The van der Waals surface area contributed by atoms with Crippen molar-refractivity contribution in [2.45, 2.75) is 0 Å². The Balaban J connectivity index is 0.000000360. The molecule has 0 aliphatic carbocycles. The van der Waals surface area contributed by atoms with Crippen molar-refractivity contribution < 1.29 is 10.00 Å². The van der Waals surface area contributed by atoms with Gasteiger partial charge in [0.15, 0.2) is 6.33 Å². The van der Waals surface area contributed by atoms with Crippen LogP contribution in [0.1, 0.15) is 0 Å². The summed E-state index contributed by atoms with van der Waals surface area (Å²) in [6, 6.07) is 0.106. The third kappa shape index (κ3) is 1.18. The molecule has 40 valence electrons. The Bertz CT molecular complexity index is 114. The minimum absolute atomic E-state index is 0. The van der Waals surface area contributed by atoms with E-state index in [4.69, 9.17) is 5.73 Å². The average Bonchev–Trinajstić information content (AvgIpc) is 1.86. The Kier molecular flexibility index (Phi) is 1.80. The zero-order chi connectivity index (χ0) is 4.41. The zero-order valence-corrected chi connectivity index (χ0v) is 3.46. The summed E-state index contributed by atoms with van der Waals surface area (Å²) in [4.78, 5) is 3.42. The highest BCUT2D eigenvalue weighted by Crippen LogP contribution is 1.84. The molecule has 0 spiro atoms. The number of rotatable bonds is 0. The molecule has 5 nitrogen and oxygen atoms in total. The molecule has 0 saturated carbocycles. The maximum absolute atomic E-state index is 4.94. The first-order chi connectivity index (χ1) is 2.89. The molecular formula is C2H5N3O2. The fraction of sp³-hybridized carbons (Fsp3) is 0. The maximum Gasteiger partial charge on any atom is 0.318 e. The second-order valence-electron chi connectivity index (χ2n) is 0.780. The van der Waals surface area contributed by atoms with E-state index in [-0.39, 0.29) is 11.5 Å². The van der Waals surface area contributed by atoms with Crippen molar-refractivity contribution in [3.8, 4) is 0 Å². The van der Waals surface area contributed by atoms with Crippen molar-refractivity contribution >= 4 is 6.01 Å². The van der Waals surface area contributed by atoms with Crippen molar-refractivity contribution in [2.24, 2.45) is 0 Å². The van der Waals surface area contributed by atoms with Gasteiger partial charge in [-0.15, -0.1) is 0 Å². The quantitative estimate of drug-likeness (QED) is 0.447. The van der Waals surface area contributed by atoms with E-state index < -0.39 is 0 Å². The van der Waals surface area contributed by atoms with Crippen molar-refractivity contribution in [1.29, 1.82) is 0 Å². The first-order valence-corrected chi connectivity index (χ1v) is 1.42. The van der Waals surface area contributed by atoms with E-state index in [0.717, 1.165) is 0 Å². The maximum atomic E-state index is 4.94. The summed E-state index contributed by atoms with van der Waals surface area (Å²) in [5.41, 5.74) is 4.94. The summed E-state index contributed by atoms with van der Waals surface area (Å²) in [5.74, 6) is 0. The zero-order valence-electron chi connectivity index (χ0n) is 3.46. The molecule has 0 atom stereocenters. The molecule has 0 unspecified atom stereocenters. The number of nitrogens with zero attached hydrogens (tertiary/aromatic N) is 2. The van der Waals surface area contributed by atoms with Crippen LogP contribution < -0.4 is 5.73 Å². The smallest absolute Gasteiger partial charge is 0.318 e. The number of nitrogens with two attached hydrogens (primary N) is 1. The summed E-state index contributed by atoms with van der Waals surface area (Å²) < 4.78 is 4.25. The number of hydrogen-bond donors (Lipinski definition) is 1. The molecule has 0 bridgehead atoms. The molecule has 5 heteroatoms. The Labute approximate surface area is 39.4 Å². The van der Waals surface area contributed by atoms with Gasteiger partial charge in [0.1, 0.15) is 0 Å². The van der Waals surface area contributed by atoms with Gasteiger partial charge in [-0.25, -0.2) is 0 Å². The molecule has 0 aromatic carbocycles. The number of nitrogen functional groups attached to an aromatic ring is 1. The lowest BCUT2D eigenvalue weighted by molar-refractivity contribution is 0.434. The molecule has 0 fully saturated rings. The highest BCUT2D eigenvalue weighted by Gasteiger charge is 1.80. The molecule has 7 heavy (non-hydrogen) atoms. The summed E-state index contributed by atoms with van der Waals surface area (Å²) in [6.45, 7) is 0. The summed E-state index contributed by atoms with van der Waals surface area (Å²) >= 11 is 0. The van der Waals surface area contributed by atoms with Gasteiger partial charge in [0.25, 0.3) is 0 Å². The van der Waals surface area contributed by atoms with Crippen molar-refractivity contribution in [3.05, 3.63) is 6.33 Å². The summed E-state index contributed by atoms with van der Waals surface area (Å²) in [6.07, 6.45) is 1.25. The van der Waals surface area contributed by atoms with Crippen LogP contribution in [0.5, 0.6) is 0 Å². The third-order valence-corrected chi connectivity index (χ3v) is 0.378. The van der Waals surface area contributed by atoms with Crippen LogP contribution >= 0.6 is 0 Å². The second-order valence-corrected chi connectivity index (χ2v) is 0.780. The standard InChI is InChI=1S/C2H3N3O.H2O/c3-2-4-1-5-6-2;/h1H,(H2,3,4,5);1H2. The van der Waals surface area contributed by atoms with Crippen LogP contribution in [-0.4, -0.2) is 15.6 Å². The fourth-order valence-corrected chi connectivity index (χ4v) is 0.182. The van der Waals surface area contributed by atoms with Gasteiger partial charge in [0.2, 0.25) is 0 Å². The molecule has 1 heterocycles. The largest absolute Gasteiger partial charge is 0.412 e. The van der Waals surface area contributed by atoms with Gasteiger partial charge in [0, 0.05) is 0 Å². The minimum atomic E-state index is 0. The predicted octanol–water partition coefficient (Wildman–Crippen LogP) is -1.17. The highest BCUT2D eigenvalue weighted by molar-refractivity contribution is 5.01. The van der Waals surface area contributed by atoms with E-state index in [9.17, 15) is 0 Å². The number of anilines is 1. The highest BCUT2D eigenvalue weighted by atomic mass is 16.5. The number of hydrogen-bond acceptors (Lipinski definition) is 4. The molecule has 0 aliphatic heterocycles. The molecule has 4 N–H and O–H groups in total. The normalized spacial score (nSPS) is 7.43. The van der Waals surface area contributed by atoms with Crippen LogP contribution in [0.4, 0.5) is 6.01 Å². The van der Waals surface area contributed by atoms with Gasteiger partial charge < -0.3 is 15.7 Å². The molecule has 1 rings (SSSR count).